The Morgan fingerprint density at radius 1 is 1.18 bits per heavy atom. The smallest absolute Gasteiger partial charge is 0.310 e. The van der Waals surface area contributed by atoms with Crippen LogP contribution in [-0.2, 0) is 9.59 Å². The monoisotopic (exact) mass is 231 g/mol. The number of pyridine rings is 1. The third-order valence-electron chi connectivity index (χ3n) is 1.91. The number of hydrogen-bond donors (Lipinski definition) is 1. The van der Waals surface area contributed by atoms with E-state index in [1.54, 1.807) is 0 Å². The van der Waals surface area contributed by atoms with E-state index in [1.165, 1.54) is 12.3 Å². The third-order valence-corrected chi connectivity index (χ3v) is 1.91. The molecule has 4 heteroatoms. The second-order valence-electron chi connectivity index (χ2n) is 3.47. The van der Waals surface area contributed by atoms with Crippen molar-refractivity contribution in [2.45, 2.75) is 13.3 Å². The Hall–Kier alpha value is -2.23. The summed E-state index contributed by atoms with van der Waals surface area (Å²) in [5.74, 6) is -1.37. The van der Waals surface area contributed by atoms with Crippen LogP contribution in [0.3, 0.4) is 0 Å². The quantitative estimate of drug-likeness (QED) is 0.805. The van der Waals surface area contributed by atoms with Crippen LogP contribution < -0.4 is 0 Å². The first-order valence-corrected chi connectivity index (χ1v) is 5.10. The lowest BCUT2D eigenvalue weighted by atomic mass is 10.2. The van der Waals surface area contributed by atoms with E-state index in [0.717, 1.165) is 5.52 Å². The van der Waals surface area contributed by atoms with Crippen molar-refractivity contribution in [1.29, 1.82) is 0 Å². The molecule has 1 aromatic carbocycles. The number of benzene rings is 1. The number of Topliss-reactive ketones (excluding diaryl/α,β-unsaturated/α-hetero) is 1. The fourth-order valence-electron chi connectivity index (χ4n) is 1.23. The number of hydrogen-bond acceptors (Lipinski definition) is 3. The Bertz CT molecular complexity index is 445. The number of carboxylic acids is 1. The van der Waals surface area contributed by atoms with Crippen LogP contribution in [0.4, 0.5) is 0 Å². The van der Waals surface area contributed by atoms with Crippen molar-refractivity contribution in [3.63, 3.8) is 0 Å². The van der Waals surface area contributed by atoms with Crippen LogP contribution in [0, 0.1) is 0 Å². The molecule has 2 aromatic rings. The van der Waals surface area contributed by atoms with Gasteiger partial charge in [0.1, 0.15) is 12.2 Å². The van der Waals surface area contributed by atoms with Crippen LogP contribution in [0.2, 0.25) is 0 Å². The van der Waals surface area contributed by atoms with E-state index in [4.69, 9.17) is 5.11 Å². The SMILES string of the molecule is CC(=O)CC(=O)O.c1ccc2ncccc2c1. The van der Waals surface area contributed by atoms with Crippen molar-refractivity contribution in [1.82, 2.24) is 4.98 Å². The maximum Gasteiger partial charge on any atom is 0.310 e. The van der Waals surface area contributed by atoms with Crippen LogP contribution in [0.1, 0.15) is 13.3 Å². The highest BCUT2D eigenvalue weighted by Crippen LogP contribution is 2.07. The van der Waals surface area contributed by atoms with E-state index in [-0.39, 0.29) is 12.2 Å². The summed E-state index contributed by atoms with van der Waals surface area (Å²) in [5.41, 5.74) is 1.06. The number of aliphatic carboxylic acids is 1. The van der Waals surface area contributed by atoms with E-state index in [0.29, 0.717) is 0 Å². The minimum atomic E-state index is -1.06. The molecule has 1 heterocycles. The number of nitrogens with zero attached hydrogens (tertiary/aromatic N) is 1. The molecule has 0 amide bonds. The molecule has 0 saturated heterocycles. The Morgan fingerprint density at radius 2 is 1.82 bits per heavy atom. The number of rotatable bonds is 2. The molecule has 0 fully saturated rings. The fraction of sp³-hybridized carbons (Fsp3) is 0.154. The molecular weight excluding hydrogens is 218 g/mol. The molecule has 0 aliphatic carbocycles. The van der Waals surface area contributed by atoms with E-state index in [2.05, 4.69) is 17.1 Å². The normalized spacial score (nSPS) is 9.24. The fourth-order valence-corrected chi connectivity index (χ4v) is 1.23. The summed E-state index contributed by atoms with van der Waals surface area (Å²) in [7, 11) is 0. The van der Waals surface area contributed by atoms with Gasteiger partial charge < -0.3 is 5.11 Å². The van der Waals surface area contributed by atoms with Crippen LogP contribution >= 0.6 is 0 Å². The first-order chi connectivity index (χ1) is 8.09. The van der Waals surface area contributed by atoms with E-state index in [1.807, 2.05) is 30.5 Å². The number of carbonyl (C=O) groups excluding carboxylic acids is 1. The van der Waals surface area contributed by atoms with Crippen LogP contribution in [-0.4, -0.2) is 21.8 Å². The molecule has 4 nitrogen and oxygen atoms in total. The third kappa shape index (κ3) is 4.88. The number of carbonyl (C=O) groups is 2. The molecule has 0 spiro atoms. The molecule has 1 aromatic heterocycles. The maximum absolute atomic E-state index is 9.87. The van der Waals surface area contributed by atoms with Crippen LogP contribution in [0.15, 0.2) is 42.6 Å². The summed E-state index contributed by atoms with van der Waals surface area (Å²) < 4.78 is 0. The maximum atomic E-state index is 9.87. The van der Waals surface area contributed by atoms with Gasteiger partial charge in [0.2, 0.25) is 0 Å². The van der Waals surface area contributed by atoms with Crippen molar-refractivity contribution in [3.05, 3.63) is 42.6 Å². The summed E-state index contributed by atoms with van der Waals surface area (Å²) in [4.78, 5) is 23.6. The highest BCUT2D eigenvalue weighted by Gasteiger charge is 1.98. The van der Waals surface area contributed by atoms with Gasteiger partial charge in [-0.2, -0.15) is 0 Å². The lowest BCUT2D eigenvalue weighted by Crippen LogP contribution is -2.00. The second-order valence-corrected chi connectivity index (χ2v) is 3.47. The molecule has 0 radical (unpaired) electrons. The van der Waals surface area contributed by atoms with Gasteiger partial charge in [-0.05, 0) is 19.1 Å². The molecule has 0 saturated carbocycles. The van der Waals surface area contributed by atoms with Gasteiger partial charge in [0.05, 0.1) is 5.52 Å². The van der Waals surface area contributed by atoms with Gasteiger partial charge in [-0.1, -0.05) is 24.3 Å². The number of carboxylic acid groups (broad SMARTS) is 1. The Balaban J connectivity index is 0.000000185. The van der Waals surface area contributed by atoms with Crippen molar-refractivity contribution in [3.8, 4) is 0 Å². The van der Waals surface area contributed by atoms with Gasteiger partial charge in [0.25, 0.3) is 0 Å². The van der Waals surface area contributed by atoms with Crippen LogP contribution in [0.5, 0.6) is 0 Å². The molecule has 88 valence electrons. The number of ketones is 1. The predicted molar refractivity (Wildman–Crippen MR) is 64.7 cm³/mol. The Labute approximate surface area is 98.9 Å². The number of para-hydroxylation sites is 1. The molecule has 0 unspecified atom stereocenters. The molecule has 0 atom stereocenters. The predicted octanol–water partition coefficient (Wildman–Crippen LogP) is 2.28. The van der Waals surface area contributed by atoms with Gasteiger partial charge in [-0.15, -0.1) is 0 Å². The molecule has 0 bridgehead atoms. The van der Waals surface area contributed by atoms with Gasteiger partial charge in [-0.3, -0.25) is 14.6 Å². The van der Waals surface area contributed by atoms with Crippen molar-refractivity contribution in [2.75, 3.05) is 0 Å². The minimum absolute atomic E-state index is 0.312. The zero-order valence-electron chi connectivity index (χ0n) is 9.46. The van der Waals surface area contributed by atoms with E-state index in [9.17, 15) is 9.59 Å². The van der Waals surface area contributed by atoms with Gasteiger partial charge in [0, 0.05) is 11.6 Å². The lowest BCUT2D eigenvalue weighted by molar-refractivity contribution is -0.139. The second kappa shape index (κ2) is 6.37. The number of aromatic nitrogens is 1. The molecule has 0 aliphatic rings. The molecular formula is C13H13NO3. The molecule has 1 N–H and O–H groups in total. The molecule has 2 rings (SSSR count). The number of fused-ring (bicyclic) bond motifs is 1. The van der Waals surface area contributed by atoms with E-state index >= 15 is 0 Å². The standard InChI is InChI=1S/C9H7N.C4H6O3/c1-2-6-9-8(4-1)5-3-7-10-9;1-3(5)2-4(6)7/h1-7H;2H2,1H3,(H,6,7). The summed E-state index contributed by atoms with van der Waals surface area (Å²) in [6.07, 6.45) is 1.45. The first kappa shape index (κ1) is 12.8. The average Bonchev–Trinajstić information content (AvgIpc) is 2.28. The Kier molecular flexibility index (Phi) is 4.81. The summed E-state index contributed by atoms with van der Waals surface area (Å²) in [6, 6.07) is 12.1. The zero-order chi connectivity index (χ0) is 12.7. The largest absolute Gasteiger partial charge is 0.481 e. The first-order valence-electron chi connectivity index (χ1n) is 5.10. The topological polar surface area (TPSA) is 67.3 Å². The van der Waals surface area contributed by atoms with E-state index < -0.39 is 5.97 Å². The minimum Gasteiger partial charge on any atom is -0.481 e. The van der Waals surface area contributed by atoms with Gasteiger partial charge >= 0.3 is 5.97 Å². The van der Waals surface area contributed by atoms with Gasteiger partial charge in [0.15, 0.2) is 0 Å². The highest BCUT2D eigenvalue weighted by molar-refractivity contribution is 5.93. The van der Waals surface area contributed by atoms with Crippen molar-refractivity contribution < 1.29 is 14.7 Å². The summed E-state index contributed by atoms with van der Waals surface area (Å²) >= 11 is 0. The lowest BCUT2D eigenvalue weighted by Gasteiger charge is -1.91. The summed E-state index contributed by atoms with van der Waals surface area (Å²) in [5, 5.41) is 9.06. The molecule has 17 heavy (non-hydrogen) atoms. The van der Waals surface area contributed by atoms with Gasteiger partial charge in [-0.25, -0.2) is 0 Å². The highest BCUT2D eigenvalue weighted by atomic mass is 16.4. The zero-order valence-corrected chi connectivity index (χ0v) is 9.46. The summed E-state index contributed by atoms with van der Waals surface area (Å²) in [6.45, 7) is 1.24. The van der Waals surface area contributed by atoms with Crippen molar-refractivity contribution in [2.24, 2.45) is 0 Å². The Morgan fingerprint density at radius 3 is 2.35 bits per heavy atom. The molecule has 0 aliphatic heterocycles. The van der Waals surface area contributed by atoms with Crippen LogP contribution in [0.25, 0.3) is 10.9 Å². The van der Waals surface area contributed by atoms with Crippen molar-refractivity contribution >= 4 is 22.7 Å². The average molecular weight is 231 g/mol.